The summed E-state index contributed by atoms with van der Waals surface area (Å²) < 4.78 is 89.3. The van der Waals surface area contributed by atoms with Crippen molar-refractivity contribution in [1.82, 2.24) is 20.1 Å². The van der Waals surface area contributed by atoms with Crippen LogP contribution in [-0.2, 0) is 28.4 Å². The molecule has 1 fully saturated rings. The molecule has 3 rings (SSSR count). The predicted molar refractivity (Wildman–Crippen MR) is 90.2 cm³/mol. The predicted octanol–water partition coefficient (Wildman–Crippen LogP) is 3.07. The van der Waals surface area contributed by atoms with Crippen molar-refractivity contribution in [1.29, 1.82) is 0 Å². The molecule has 2 N–H and O–H groups in total. The molecule has 0 bridgehead atoms. The van der Waals surface area contributed by atoms with Gasteiger partial charge in [-0.15, -0.1) is 0 Å². The van der Waals surface area contributed by atoms with E-state index in [1.54, 1.807) is 0 Å². The summed E-state index contributed by atoms with van der Waals surface area (Å²) in [5.74, 6) is 0.376. The standard InChI is InChI=1S/C17H18F6N4O3/c1-9(10-4-11(16(18,19)20)6-12(5-10)17(21,22)23)30-14-8-27(2-3-29-14)7-13-24-15(28)26-25-13/h4-6,9,14H,2-3,7-8H2,1H3,(H2,24,25,26,28)/t9-,14-/m1/s1. The molecule has 0 unspecified atom stereocenters. The van der Waals surface area contributed by atoms with E-state index in [1.807, 2.05) is 4.90 Å². The molecule has 7 nitrogen and oxygen atoms in total. The summed E-state index contributed by atoms with van der Waals surface area (Å²) >= 11 is 0. The minimum Gasteiger partial charge on any atom is -0.350 e. The van der Waals surface area contributed by atoms with Crippen molar-refractivity contribution in [2.75, 3.05) is 19.7 Å². The molecule has 0 aliphatic carbocycles. The Morgan fingerprint density at radius 3 is 2.37 bits per heavy atom. The molecule has 0 spiro atoms. The van der Waals surface area contributed by atoms with Crippen LogP contribution in [0.2, 0.25) is 0 Å². The van der Waals surface area contributed by atoms with E-state index in [-0.39, 0.29) is 31.3 Å². The van der Waals surface area contributed by atoms with Gasteiger partial charge in [0.1, 0.15) is 5.82 Å². The van der Waals surface area contributed by atoms with Crippen molar-refractivity contribution < 1.29 is 35.8 Å². The first kappa shape index (κ1) is 22.3. The smallest absolute Gasteiger partial charge is 0.350 e. The summed E-state index contributed by atoms with van der Waals surface area (Å²) in [6.07, 6.45) is -11.9. The Labute approximate surface area is 166 Å². The van der Waals surface area contributed by atoms with Crippen molar-refractivity contribution in [3.05, 3.63) is 51.2 Å². The Hall–Kier alpha value is -2.38. The first-order chi connectivity index (χ1) is 13.9. The van der Waals surface area contributed by atoms with Gasteiger partial charge in [0.2, 0.25) is 0 Å². The lowest BCUT2D eigenvalue weighted by molar-refractivity contribution is -0.201. The number of rotatable bonds is 5. The normalized spacial score (nSPS) is 19.8. The van der Waals surface area contributed by atoms with E-state index >= 15 is 0 Å². The van der Waals surface area contributed by atoms with E-state index in [0.717, 1.165) is 0 Å². The van der Waals surface area contributed by atoms with Crippen LogP contribution in [0.25, 0.3) is 0 Å². The molecule has 166 valence electrons. The second-order valence-corrected chi connectivity index (χ2v) is 6.78. The zero-order valence-corrected chi connectivity index (χ0v) is 15.6. The van der Waals surface area contributed by atoms with Gasteiger partial charge in [-0.05, 0) is 30.7 Å². The van der Waals surface area contributed by atoms with Gasteiger partial charge in [-0.3, -0.25) is 9.88 Å². The molecule has 1 saturated heterocycles. The molecule has 2 aromatic rings. The number of hydrogen-bond donors (Lipinski definition) is 2. The molecule has 1 aliphatic heterocycles. The van der Waals surface area contributed by atoms with Crippen LogP contribution < -0.4 is 5.69 Å². The van der Waals surface area contributed by atoms with Gasteiger partial charge in [-0.1, -0.05) is 0 Å². The number of benzene rings is 1. The highest BCUT2D eigenvalue weighted by Crippen LogP contribution is 2.38. The molecule has 2 atom stereocenters. The number of H-pyrrole nitrogens is 2. The molecular formula is C17H18F6N4O3. The maximum absolute atomic E-state index is 13.0. The Morgan fingerprint density at radius 1 is 1.20 bits per heavy atom. The SMILES string of the molecule is C[C@@H](O[C@@H]1CN(Cc2n[nH]c(=O)[nH]2)CCO1)c1cc(C(F)(F)F)cc(C(F)(F)F)c1. The number of alkyl halides is 6. The molecule has 1 aliphatic rings. The van der Waals surface area contributed by atoms with E-state index in [9.17, 15) is 31.1 Å². The Bertz CT molecular complexity index is 891. The van der Waals surface area contributed by atoms with Crippen LogP contribution >= 0.6 is 0 Å². The minimum atomic E-state index is -4.94. The van der Waals surface area contributed by atoms with E-state index in [0.29, 0.717) is 24.5 Å². The van der Waals surface area contributed by atoms with Crippen LogP contribution in [0.5, 0.6) is 0 Å². The van der Waals surface area contributed by atoms with Crippen molar-refractivity contribution in [2.24, 2.45) is 0 Å². The van der Waals surface area contributed by atoms with Gasteiger partial charge in [0, 0.05) is 6.54 Å². The summed E-state index contributed by atoms with van der Waals surface area (Å²) in [5.41, 5.74) is -3.55. The first-order valence-electron chi connectivity index (χ1n) is 8.84. The molecule has 2 heterocycles. The third-order valence-corrected chi connectivity index (χ3v) is 4.48. The largest absolute Gasteiger partial charge is 0.416 e. The van der Waals surface area contributed by atoms with Gasteiger partial charge in [0.05, 0.1) is 36.9 Å². The summed E-state index contributed by atoms with van der Waals surface area (Å²) in [4.78, 5) is 15.4. The highest BCUT2D eigenvalue weighted by atomic mass is 19.4. The third kappa shape index (κ3) is 5.61. The van der Waals surface area contributed by atoms with Gasteiger partial charge < -0.3 is 9.47 Å². The van der Waals surface area contributed by atoms with Crippen LogP contribution in [0.1, 0.15) is 35.5 Å². The topological polar surface area (TPSA) is 83.2 Å². The van der Waals surface area contributed by atoms with E-state index < -0.39 is 41.6 Å². The van der Waals surface area contributed by atoms with Crippen LogP contribution in [0, 0.1) is 0 Å². The molecule has 13 heteroatoms. The molecule has 0 radical (unpaired) electrons. The fourth-order valence-corrected chi connectivity index (χ4v) is 3.01. The summed E-state index contributed by atoms with van der Waals surface area (Å²) in [7, 11) is 0. The average molecular weight is 440 g/mol. The zero-order chi connectivity index (χ0) is 22.1. The fraction of sp³-hybridized carbons (Fsp3) is 0.529. The molecular weight excluding hydrogens is 422 g/mol. The Kier molecular flexibility index (Phi) is 6.24. The number of aromatic amines is 2. The third-order valence-electron chi connectivity index (χ3n) is 4.48. The second-order valence-electron chi connectivity index (χ2n) is 6.78. The van der Waals surface area contributed by atoms with Crippen LogP contribution in [-0.4, -0.2) is 46.1 Å². The van der Waals surface area contributed by atoms with Gasteiger partial charge in [-0.25, -0.2) is 9.89 Å². The van der Waals surface area contributed by atoms with Gasteiger partial charge in [0.15, 0.2) is 6.29 Å². The van der Waals surface area contributed by atoms with Crippen molar-refractivity contribution in [3.8, 4) is 0 Å². The first-order valence-corrected chi connectivity index (χ1v) is 8.84. The quantitative estimate of drug-likeness (QED) is 0.699. The van der Waals surface area contributed by atoms with Gasteiger partial charge in [-0.2, -0.15) is 31.4 Å². The molecule has 1 aromatic carbocycles. The van der Waals surface area contributed by atoms with Crippen LogP contribution in [0.4, 0.5) is 26.3 Å². The minimum absolute atomic E-state index is 0.0692. The number of nitrogens with one attached hydrogen (secondary N) is 2. The fourth-order valence-electron chi connectivity index (χ4n) is 3.01. The number of nitrogens with zero attached hydrogens (tertiary/aromatic N) is 2. The monoisotopic (exact) mass is 440 g/mol. The van der Waals surface area contributed by atoms with Crippen molar-refractivity contribution in [3.63, 3.8) is 0 Å². The summed E-state index contributed by atoms with van der Waals surface area (Å²) in [5, 5.41) is 6.00. The molecule has 0 amide bonds. The van der Waals surface area contributed by atoms with Gasteiger partial charge >= 0.3 is 18.0 Å². The van der Waals surface area contributed by atoms with Crippen LogP contribution in [0.3, 0.4) is 0 Å². The van der Waals surface area contributed by atoms with Crippen molar-refractivity contribution >= 4 is 0 Å². The van der Waals surface area contributed by atoms with Crippen LogP contribution in [0.15, 0.2) is 23.0 Å². The second kappa shape index (κ2) is 8.40. The van der Waals surface area contributed by atoms with Crippen molar-refractivity contribution in [2.45, 2.75) is 38.2 Å². The summed E-state index contributed by atoms with van der Waals surface area (Å²) in [6, 6.07) is 1.34. The molecule has 1 aromatic heterocycles. The Morgan fingerprint density at radius 2 is 1.83 bits per heavy atom. The highest BCUT2D eigenvalue weighted by Gasteiger charge is 2.37. The average Bonchev–Trinajstić information content (AvgIpc) is 3.05. The highest BCUT2D eigenvalue weighted by molar-refractivity contribution is 5.34. The van der Waals surface area contributed by atoms with Gasteiger partial charge in [0.25, 0.3) is 0 Å². The lowest BCUT2D eigenvalue weighted by Crippen LogP contribution is -2.43. The maximum atomic E-state index is 13.0. The maximum Gasteiger partial charge on any atom is 0.416 e. The number of hydrogen-bond acceptors (Lipinski definition) is 5. The zero-order valence-electron chi connectivity index (χ0n) is 15.6. The molecule has 30 heavy (non-hydrogen) atoms. The van der Waals surface area contributed by atoms with E-state index in [4.69, 9.17) is 9.47 Å². The number of aromatic nitrogens is 3. The van der Waals surface area contributed by atoms with E-state index in [2.05, 4.69) is 15.2 Å². The Balaban J connectivity index is 1.72. The van der Waals surface area contributed by atoms with E-state index in [1.165, 1.54) is 6.92 Å². The lowest BCUT2D eigenvalue weighted by atomic mass is 10.0. The molecule has 0 saturated carbocycles. The summed E-state index contributed by atoms with van der Waals surface area (Å²) in [6.45, 7) is 2.50. The number of morpholine rings is 1. The lowest BCUT2D eigenvalue weighted by Gasteiger charge is -2.33. The number of halogens is 6. The number of ether oxygens (including phenoxy) is 2.